The molecular weight excluding hydrogens is 859 g/mol. The Kier molecular flexibility index (Phi) is 11.1. The molecule has 0 bridgehead atoms. The summed E-state index contributed by atoms with van der Waals surface area (Å²) in [6, 6.07) is 15.7. The van der Waals surface area contributed by atoms with Crippen molar-refractivity contribution in [3.63, 3.8) is 0 Å². The van der Waals surface area contributed by atoms with E-state index in [9.17, 15) is 43.5 Å². The first-order chi connectivity index (χ1) is 31.6. The smallest absolute Gasteiger partial charge is 0.319 e. The Bertz CT molecular complexity index is 3040. The summed E-state index contributed by atoms with van der Waals surface area (Å²) in [6.45, 7) is -1.32. The van der Waals surface area contributed by atoms with Gasteiger partial charge in [0.2, 0.25) is 0 Å². The number of fused-ring (bicyclic) bond motifs is 9. The number of aromatic amines is 3. The average Bonchev–Trinajstić information content (AvgIpc) is 4.12. The number of H-pyrrole nitrogens is 3. The number of carbonyl (C=O) groups excluding carboxylic acids is 5. The number of aliphatic carboxylic acids is 3. The normalized spacial score (nSPS) is 14.1. The van der Waals surface area contributed by atoms with Crippen molar-refractivity contribution in [3.8, 4) is 0 Å². The number of nitrogens with zero attached hydrogens (tertiary/aromatic N) is 5. The van der Waals surface area contributed by atoms with Gasteiger partial charge in [-0.15, -0.1) is 0 Å². The van der Waals surface area contributed by atoms with Crippen LogP contribution in [0.4, 0.5) is 21.9 Å². The molecule has 0 saturated carbocycles. The van der Waals surface area contributed by atoms with Gasteiger partial charge in [-0.2, -0.15) is 0 Å². The predicted molar refractivity (Wildman–Crippen MR) is 238 cm³/mol. The van der Waals surface area contributed by atoms with Crippen molar-refractivity contribution in [1.82, 2.24) is 35.6 Å². The molecule has 0 spiro atoms. The fraction of sp³-hybridized carbons (Fsp3) is 0.273. The number of hydrogen-bond donors (Lipinski definition) is 9. The molecule has 3 aromatic carbocycles. The Morgan fingerprint density at radius 3 is 1.33 bits per heavy atom. The van der Waals surface area contributed by atoms with Gasteiger partial charge >= 0.3 is 23.9 Å². The Morgan fingerprint density at radius 2 is 0.909 bits per heavy atom. The van der Waals surface area contributed by atoms with E-state index in [4.69, 9.17) is 15.9 Å². The number of carbonyl (C=O) groups is 8. The van der Waals surface area contributed by atoms with Crippen LogP contribution in [0.2, 0.25) is 0 Å². The van der Waals surface area contributed by atoms with Gasteiger partial charge in [0, 0.05) is 82.5 Å². The highest BCUT2D eigenvalue weighted by atomic mass is 16.4. The van der Waals surface area contributed by atoms with E-state index in [1.807, 2.05) is 36.4 Å². The highest BCUT2D eigenvalue weighted by molar-refractivity contribution is 6.14. The minimum Gasteiger partial charge on any atom is -0.480 e. The van der Waals surface area contributed by atoms with Crippen LogP contribution in [-0.4, -0.2) is 147 Å². The van der Waals surface area contributed by atoms with Crippen molar-refractivity contribution in [1.29, 1.82) is 0 Å². The number of nitrogens with one attached hydrogen (secondary N) is 5. The number of carboxylic acids is 3. The topological polar surface area (TPSA) is 311 Å². The first-order valence-corrected chi connectivity index (χ1v) is 21.0. The van der Waals surface area contributed by atoms with Crippen LogP contribution >= 0.6 is 0 Å². The first-order valence-electron chi connectivity index (χ1n) is 21.0. The molecule has 9 rings (SSSR count). The van der Waals surface area contributed by atoms with E-state index in [2.05, 4.69) is 25.8 Å². The molecule has 22 nitrogen and oxygen atoms in total. The van der Waals surface area contributed by atoms with Crippen LogP contribution in [0.15, 0.2) is 54.6 Å². The molecule has 22 heteroatoms. The SMILES string of the molecule is NC(=O)N1CCc2c1ccc1[nH]c(C(=O)N3CCc4c3ccc3[nH]c(C(=O)N5CCc6c5ccc5[nH]c(C(=O)NNC(=O)CN(CCN(CC(=O)O)CC(=O)O)CC(=O)O)cc65)cc43)cc21. The Morgan fingerprint density at radius 1 is 0.530 bits per heavy atom. The molecule has 6 amide bonds. The molecule has 0 atom stereocenters. The van der Waals surface area contributed by atoms with Crippen molar-refractivity contribution in [2.75, 3.05) is 73.6 Å². The lowest BCUT2D eigenvalue weighted by molar-refractivity contribution is -0.143. The molecule has 6 heterocycles. The molecule has 0 saturated heterocycles. The number of amides is 6. The van der Waals surface area contributed by atoms with Crippen molar-refractivity contribution in [2.45, 2.75) is 19.3 Å². The van der Waals surface area contributed by atoms with Gasteiger partial charge in [0.25, 0.3) is 23.6 Å². The number of hydrogen-bond acceptors (Lipinski definition) is 10. The minimum atomic E-state index is -1.28. The summed E-state index contributed by atoms with van der Waals surface area (Å²) < 4.78 is 0. The lowest BCUT2D eigenvalue weighted by Gasteiger charge is -2.24. The van der Waals surface area contributed by atoms with E-state index in [-0.39, 0.29) is 30.6 Å². The van der Waals surface area contributed by atoms with E-state index in [1.54, 1.807) is 28.0 Å². The largest absolute Gasteiger partial charge is 0.480 e. The number of carboxylic acid groups (broad SMARTS) is 3. The molecule has 10 N–H and O–H groups in total. The van der Waals surface area contributed by atoms with Gasteiger partial charge in [-0.25, -0.2) is 4.79 Å². The maximum absolute atomic E-state index is 14.2. The Balaban J connectivity index is 0.857. The van der Waals surface area contributed by atoms with Crippen molar-refractivity contribution in [2.24, 2.45) is 5.73 Å². The monoisotopic (exact) mass is 901 g/mol. The summed E-state index contributed by atoms with van der Waals surface area (Å²) >= 11 is 0. The van der Waals surface area contributed by atoms with Gasteiger partial charge in [0.15, 0.2) is 0 Å². The van der Waals surface area contributed by atoms with Gasteiger partial charge in [0.1, 0.15) is 17.1 Å². The number of hydrazine groups is 1. The zero-order valence-corrected chi connectivity index (χ0v) is 35.1. The second-order valence-corrected chi connectivity index (χ2v) is 16.4. The molecule has 6 aromatic rings. The van der Waals surface area contributed by atoms with Gasteiger partial charge in [-0.1, -0.05) is 0 Å². The van der Waals surface area contributed by atoms with Gasteiger partial charge in [-0.3, -0.25) is 59.1 Å². The number of nitrogens with two attached hydrogens (primary N) is 1. The lowest BCUT2D eigenvalue weighted by Crippen LogP contribution is -2.49. The number of primary amides is 1. The second kappa shape index (κ2) is 17.0. The standard InChI is InChI=1S/C44H43N11O11/c45-44(66)55-12-9-24-27-17-33(48-30(27)3-6-36(24)55)43(65)54-11-8-23-26-16-32(47-29(26)2-5-35(23)54)42(64)53-10-7-22-25-15-31(46-28(25)1-4-34(22)53)41(63)50-49-37(56)18-51(19-38(57)58)13-14-52(20-39(59)60)21-40(61)62/h1-6,15-17,46-48H,7-14,18-21H2,(H2,45,66)(H,49,56)(H,50,63)(H,57,58)(H,59,60)(H,61,62). The number of urea groups is 1. The van der Waals surface area contributed by atoms with Gasteiger partial charge < -0.3 is 45.8 Å². The molecule has 3 aromatic heterocycles. The molecule has 66 heavy (non-hydrogen) atoms. The first kappa shape index (κ1) is 43.0. The highest BCUT2D eigenvalue weighted by Crippen LogP contribution is 2.39. The molecule has 340 valence electrons. The van der Waals surface area contributed by atoms with Crippen LogP contribution < -0.4 is 31.3 Å². The summed E-state index contributed by atoms with van der Waals surface area (Å²) in [4.78, 5) is 116. The maximum Gasteiger partial charge on any atom is 0.319 e. The Labute approximate surface area is 372 Å². The molecule has 3 aliphatic rings. The molecule has 3 aliphatic heterocycles. The number of aromatic nitrogens is 3. The van der Waals surface area contributed by atoms with Crippen molar-refractivity contribution in [3.05, 3.63) is 88.4 Å². The van der Waals surface area contributed by atoms with Crippen molar-refractivity contribution < 1.29 is 53.7 Å². The number of benzene rings is 3. The zero-order valence-electron chi connectivity index (χ0n) is 35.1. The third-order valence-electron chi connectivity index (χ3n) is 12.3. The van der Waals surface area contributed by atoms with Crippen molar-refractivity contribution >= 4 is 97.3 Å². The summed E-state index contributed by atoms with van der Waals surface area (Å²) in [5.74, 6) is -5.76. The summed E-state index contributed by atoms with van der Waals surface area (Å²) in [7, 11) is 0. The minimum absolute atomic E-state index is 0.102. The average molecular weight is 902 g/mol. The maximum atomic E-state index is 14.2. The van der Waals surface area contributed by atoms with E-state index < -0.39 is 61.9 Å². The van der Waals surface area contributed by atoms with E-state index in [1.165, 1.54) is 9.80 Å². The summed E-state index contributed by atoms with van der Waals surface area (Å²) in [6.07, 6.45) is 1.71. The third-order valence-corrected chi connectivity index (χ3v) is 12.3. The van der Waals surface area contributed by atoms with Crippen LogP contribution in [0.25, 0.3) is 32.7 Å². The van der Waals surface area contributed by atoms with Gasteiger partial charge in [-0.05, 0) is 90.6 Å². The predicted octanol–water partition coefficient (Wildman–Crippen LogP) is 1.60. The quantitative estimate of drug-likeness (QED) is 0.0703. The molecule has 0 radical (unpaired) electrons. The molecule has 0 aliphatic carbocycles. The molecule has 0 unspecified atom stereocenters. The van der Waals surface area contributed by atoms with E-state index in [0.29, 0.717) is 66.9 Å². The van der Waals surface area contributed by atoms with Crippen LogP contribution in [0.1, 0.15) is 48.2 Å². The van der Waals surface area contributed by atoms with Crippen LogP contribution in [0.5, 0.6) is 0 Å². The fourth-order valence-corrected chi connectivity index (χ4v) is 9.35. The van der Waals surface area contributed by atoms with Gasteiger partial charge in [0.05, 0.1) is 26.2 Å². The second-order valence-electron chi connectivity index (χ2n) is 16.4. The number of rotatable bonds is 14. The van der Waals surface area contributed by atoms with Crippen LogP contribution in [0, 0.1) is 0 Å². The molecule has 0 fully saturated rings. The third kappa shape index (κ3) is 8.09. The Hall–Kier alpha value is -8.24. The zero-order chi connectivity index (χ0) is 46.6. The fourth-order valence-electron chi connectivity index (χ4n) is 9.35. The highest BCUT2D eigenvalue weighted by Gasteiger charge is 2.33. The number of anilines is 3. The summed E-state index contributed by atoms with van der Waals surface area (Å²) in [5, 5.41) is 29.9. The summed E-state index contributed by atoms with van der Waals surface area (Å²) in [5.41, 5.74) is 18.1. The lowest BCUT2D eigenvalue weighted by atomic mass is 10.1. The van der Waals surface area contributed by atoms with Crippen LogP contribution in [-0.2, 0) is 38.4 Å². The van der Waals surface area contributed by atoms with E-state index >= 15 is 0 Å². The van der Waals surface area contributed by atoms with Crippen LogP contribution in [0.3, 0.4) is 0 Å². The molecular formula is C44H43N11O11. The van der Waals surface area contributed by atoms with E-state index in [0.717, 1.165) is 54.8 Å².